The van der Waals surface area contributed by atoms with E-state index in [1.807, 2.05) is 51.1 Å². The van der Waals surface area contributed by atoms with Crippen LogP contribution in [0.2, 0.25) is 0 Å². The van der Waals surface area contributed by atoms with E-state index in [9.17, 15) is 4.79 Å². The number of carbonyl (C=O) groups excluding carboxylic acids is 1. The minimum atomic E-state index is -0.528. The molecule has 23 heavy (non-hydrogen) atoms. The molecule has 5 nitrogen and oxygen atoms in total. The van der Waals surface area contributed by atoms with Crippen molar-refractivity contribution in [2.45, 2.75) is 32.9 Å². The van der Waals surface area contributed by atoms with Crippen LogP contribution in [0.5, 0.6) is 0 Å². The van der Waals surface area contributed by atoms with Gasteiger partial charge >= 0.3 is 6.09 Å². The minimum absolute atomic E-state index is 0.291. The monoisotopic (exact) mass is 379 g/mol. The third-order valence-electron chi connectivity index (χ3n) is 3.33. The third kappa shape index (κ3) is 5.10. The molecular weight excluding hydrogens is 358 g/mol. The van der Waals surface area contributed by atoms with Crippen molar-refractivity contribution >= 4 is 26.6 Å². The van der Waals surface area contributed by atoms with Gasteiger partial charge in [-0.25, -0.2) is 4.79 Å². The van der Waals surface area contributed by atoms with Gasteiger partial charge in [0, 0.05) is 17.8 Å². The molecule has 0 radical (unpaired) electrons. The molecule has 6 heteroatoms. The first-order chi connectivity index (χ1) is 10.8. The van der Waals surface area contributed by atoms with Gasteiger partial charge in [-0.2, -0.15) is 0 Å². The number of nitrogens with zero attached hydrogens (tertiary/aromatic N) is 1. The molecule has 1 amide bonds. The van der Waals surface area contributed by atoms with Gasteiger partial charge in [0.2, 0.25) is 0 Å². The minimum Gasteiger partial charge on any atom is -0.444 e. The van der Waals surface area contributed by atoms with Crippen LogP contribution in [0.1, 0.15) is 26.3 Å². The number of nitrogens with one attached hydrogen (secondary N) is 2. The van der Waals surface area contributed by atoms with Gasteiger partial charge in [-0.3, -0.25) is 10.3 Å². The van der Waals surface area contributed by atoms with Crippen LogP contribution in [-0.4, -0.2) is 34.3 Å². The lowest BCUT2D eigenvalue weighted by atomic mass is 10.2. The second-order valence-corrected chi connectivity index (χ2v) is 7.24. The third-order valence-corrected chi connectivity index (χ3v) is 3.81. The van der Waals surface area contributed by atoms with Crippen LogP contribution in [0.25, 0.3) is 0 Å². The Morgan fingerprint density at radius 3 is 2.52 bits per heavy atom. The average Bonchev–Trinajstić information content (AvgIpc) is 2.89. The number of carbonyl (C=O) groups is 1. The van der Waals surface area contributed by atoms with E-state index in [4.69, 9.17) is 10.1 Å². The van der Waals surface area contributed by atoms with E-state index in [2.05, 4.69) is 21.2 Å². The van der Waals surface area contributed by atoms with Gasteiger partial charge in [0.15, 0.2) is 0 Å². The highest BCUT2D eigenvalue weighted by atomic mass is 79.9. The second-order valence-electron chi connectivity index (χ2n) is 6.45. The molecule has 1 aromatic carbocycles. The number of benzene rings is 1. The van der Waals surface area contributed by atoms with E-state index in [0.29, 0.717) is 24.3 Å². The van der Waals surface area contributed by atoms with E-state index in [-0.39, 0.29) is 6.09 Å². The Kier molecular flexibility index (Phi) is 5.46. The summed E-state index contributed by atoms with van der Waals surface area (Å²) in [6.07, 6.45) is -0.361. The van der Waals surface area contributed by atoms with Gasteiger partial charge in [0.05, 0.1) is 13.1 Å². The van der Waals surface area contributed by atoms with Crippen molar-refractivity contribution in [3.05, 3.63) is 47.2 Å². The van der Waals surface area contributed by atoms with E-state index in [1.165, 1.54) is 0 Å². The number of hydrogen-bond acceptors (Lipinski definition) is 4. The molecule has 0 saturated carbocycles. The van der Waals surface area contributed by atoms with Gasteiger partial charge in [-0.05, 0) is 42.3 Å². The van der Waals surface area contributed by atoms with Gasteiger partial charge in [-0.1, -0.05) is 30.3 Å². The summed E-state index contributed by atoms with van der Waals surface area (Å²) in [6.45, 7) is 6.98. The molecule has 1 aliphatic heterocycles. The summed E-state index contributed by atoms with van der Waals surface area (Å²) in [4.78, 5) is 13.8. The Morgan fingerprint density at radius 2 is 1.96 bits per heavy atom. The molecule has 2 N–H and O–H groups in total. The quantitative estimate of drug-likeness (QED) is 0.784. The fraction of sp³-hybridized carbons (Fsp3) is 0.412. The lowest BCUT2D eigenvalue weighted by Crippen LogP contribution is -2.36. The molecule has 0 unspecified atom stereocenters. The zero-order chi connectivity index (χ0) is 17.0. The molecule has 0 saturated heterocycles. The van der Waals surface area contributed by atoms with Crippen LogP contribution < -0.4 is 5.32 Å². The standard InChI is InChI=1S/C17H22BrN3O2/c1-17(2,3)23-16(22)21-10-13(15(18)19)14(11-21)20-9-12-7-5-4-6-8-12/h4-8,19-20H,9-11H2,1-3H3. The van der Waals surface area contributed by atoms with Crippen LogP contribution in [-0.2, 0) is 11.3 Å². The normalized spacial score (nSPS) is 14.9. The van der Waals surface area contributed by atoms with Crippen molar-refractivity contribution in [1.29, 1.82) is 5.41 Å². The summed E-state index contributed by atoms with van der Waals surface area (Å²) in [6, 6.07) is 10.0. The highest BCUT2D eigenvalue weighted by Crippen LogP contribution is 2.21. The van der Waals surface area contributed by atoms with Gasteiger partial charge in [0.25, 0.3) is 0 Å². The summed E-state index contributed by atoms with van der Waals surface area (Å²) >= 11 is 3.21. The fourth-order valence-corrected chi connectivity index (χ4v) is 2.62. The molecule has 0 aliphatic carbocycles. The Bertz CT molecular complexity index is 620. The molecule has 0 spiro atoms. The Morgan fingerprint density at radius 1 is 1.30 bits per heavy atom. The van der Waals surface area contributed by atoms with E-state index >= 15 is 0 Å². The zero-order valence-corrected chi connectivity index (χ0v) is 15.2. The van der Waals surface area contributed by atoms with Gasteiger partial charge in [0.1, 0.15) is 10.2 Å². The number of amides is 1. The highest BCUT2D eigenvalue weighted by Gasteiger charge is 2.30. The van der Waals surface area contributed by atoms with Crippen molar-refractivity contribution in [2.24, 2.45) is 0 Å². The molecule has 0 aromatic heterocycles. The first kappa shape index (κ1) is 17.5. The molecule has 1 heterocycles. The summed E-state index contributed by atoms with van der Waals surface area (Å²) in [5.74, 6) is 0. The van der Waals surface area contributed by atoms with Gasteiger partial charge in [-0.15, -0.1) is 0 Å². The van der Waals surface area contributed by atoms with Crippen LogP contribution >= 0.6 is 15.9 Å². The topological polar surface area (TPSA) is 65.4 Å². The van der Waals surface area contributed by atoms with E-state index < -0.39 is 5.60 Å². The summed E-state index contributed by atoms with van der Waals surface area (Å²) in [7, 11) is 0. The van der Waals surface area contributed by atoms with Crippen LogP contribution in [0, 0.1) is 5.41 Å². The Hall–Kier alpha value is -1.82. The van der Waals surface area contributed by atoms with Crippen molar-refractivity contribution in [3.63, 3.8) is 0 Å². The molecule has 1 aromatic rings. The van der Waals surface area contributed by atoms with Crippen LogP contribution in [0.3, 0.4) is 0 Å². The smallest absolute Gasteiger partial charge is 0.410 e. The summed E-state index contributed by atoms with van der Waals surface area (Å²) in [5, 5.41) is 11.2. The molecular formula is C17H22BrN3O2. The Labute approximate surface area is 145 Å². The fourth-order valence-electron chi connectivity index (χ4n) is 2.25. The number of hydrogen-bond donors (Lipinski definition) is 2. The number of ether oxygens (including phenoxy) is 1. The molecule has 0 bridgehead atoms. The van der Waals surface area contributed by atoms with E-state index in [0.717, 1.165) is 16.8 Å². The number of rotatable bonds is 4. The molecule has 124 valence electrons. The maximum absolute atomic E-state index is 12.2. The van der Waals surface area contributed by atoms with E-state index in [1.54, 1.807) is 4.90 Å². The van der Waals surface area contributed by atoms with Crippen LogP contribution in [0.4, 0.5) is 4.79 Å². The van der Waals surface area contributed by atoms with Crippen molar-refractivity contribution in [1.82, 2.24) is 10.2 Å². The highest BCUT2D eigenvalue weighted by molar-refractivity contribution is 9.18. The SMILES string of the molecule is CC(C)(C)OC(=O)N1CC(NCc2ccccc2)=C(C(=N)Br)C1. The molecule has 0 fully saturated rings. The summed E-state index contributed by atoms with van der Waals surface area (Å²) in [5.41, 5.74) is 2.28. The average molecular weight is 380 g/mol. The zero-order valence-electron chi connectivity index (χ0n) is 13.6. The Balaban J connectivity index is 2.03. The molecule has 2 rings (SSSR count). The summed E-state index contributed by atoms with van der Waals surface area (Å²) < 4.78 is 5.70. The lowest BCUT2D eigenvalue weighted by Gasteiger charge is -2.24. The molecule has 1 aliphatic rings. The van der Waals surface area contributed by atoms with Crippen molar-refractivity contribution < 1.29 is 9.53 Å². The number of halogens is 1. The maximum Gasteiger partial charge on any atom is 0.410 e. The first-order valence-electron chi connectivity index (χ1n) is 7.48. The van der Waals surface area contributed by atoms with Crippen molar-refractivity contribution in [2.75, 3.05) is 13.1 Å². The van der Waals surface area contributed by atoms with Gasteiger partial charge < -0.3 is 10.1 Å². The lowest BCUT2D eigenvalue weighted by molar-refractivity contribution is 0.0299. The predicted molar refractivity (Wildman–Crippen MR) is 94.8 cm³/mol. The largest absolute Gasteiger partial charge is 0.444 e. The maximum atomic E-state index is 12.2. The second kappa shape index (κ2) is 7.17. The van der Waals surface area contributed by atoms with Crippen molar-refractivity contribution in [3.8, 4) is 0 Å². The van der Waals surface area contributed by atoms with Crippen LogP contribution in [0.15, 0.2) is 41.6 Å². The molecule has 0 atom stereocenters. The predicted octanol–water partition coefficient (Wildman–Crippen LogP) is 3.65. The first-order valence-corrected chi connectivity index (χ1v) is 8.28.